The van der Waals surface area contributed by atoms with Crippen molar-refractivity contribution in [2.75, 3.05) is 19.5 Å². The van der Waals surface area contributed by atoms with Crippen molar-refractivity contribution in [2.45, 2.75) is 13.5 Å². The number of nitrogens with zero attached hydrogens (tertiary/aromatic N) is 1. The topological polar surface area (TPSA) is 81.2 Å². The lowest BCUT2D eigenvalue weighted by Gasteiger charge is -2.14. The zero-order chi connectivity index (χ0) is 18.1. The summed E-state index contributed by atoms with van der Waals surface area (Å²) in [6.45, 7) is 1.92. The van der Waals surface area contributed by atoms with Crippen LogP contribution in [0.15, 0.2) is 47.5 Å². The molecule has 0 bridgehead atoms. The Morgan fingerprint density at radius 3 is 2.44 bits per heavy atom. The van der Waals surface area contributed by atoms with Crippen LogP contribution in [0.4, 0.5) is 11.4 Å². The minimum Gasteiger partial charge on any atom is -0.493 e. The maximum absolute atomic E-state index is 10.8. The van der Waals surface area contributed by atoms with Crippen molar-refractivity contribution in [3.05, 3.63) is 48.0 Å². The normalized spacial score (nSPS) is 10.4. The number of hydrogen-bond donors (Lipinski definition) is 2. The minimum atomic E-state index is -0.457. The van der Waals surface area contributed by atoms with Gasteiger partial charge in [0.05, 0.1) is 25.6 Å². The Bertz CT molecular complexity index is 733. The summed E-state index contributed by atoms with van der Waals surface area (Å²) in [6, 6.07) is 13.5. The molecule has 0 saturated carbocycles. The third-order valence-corrected chi connectivity index (χ3v) is 3.29. The predicted octanol–water partition coefficient (Wildman–Crippen LogP) is 3.04. The molecule has 0 radical (unpaired) electrons. The smallest absolute Gasteiger partial charge is 0.329 e. The lowest BCUT2D eigenvalue weighted by molar-refractivity contribution is -0.144. The Hall–Kier alpha value is -3.22. The lowest BCUT2D eigenvalue weighted by Crippen LogP contribution is -2.15. The summed E-state index contributed by atoms with van der Waals surface area (Å²) in [5, 5.41) is 3.32. The number of nitrogens with one attached hydrogen (secondary N) is 2. The quantitative estimate of drug-likeness (QED) is 0.436. The molecule has 2 aromatic carbocycles. The first-order valence-corrected chi connectivity index (χ1v) is 7.63. The van der Waals surface area contributed by atoms with E-state index in [1.54, 1.807) is 26.4 Å². The van der Waals surface area contributed by atoms with Crippen LogP contribution in [0.25, 0.3) is 0 Å². The van der Waals surface area contributed by atoms with E-state index in [-0.39, 0.29) is 0 Å². The summed E-state index contributed by atoms with van der Waals surface area (Å²) in [4.78, 5) is 19.7. The van der Waals surface area contributed by atoms with Crippen molar-refractivity contribution in [1.29, 1.82) is 0 Å². The molecule has 2 N–H and O–H groups in total. The molecule has 0 aliphatic carbocycles. The number of rotatable bonds is 8. The number of hydroxylamine groups is 1. The highest BCUT2D eigenvalue weighted by Gasteiger charge is 2.10. The fourth-order valence-corrected chi connectivity index (χ4v) is 2.12. The highest BCUT2D eigenvalue weighted by Crippen LogP contribution is 2.38. The molecule has 2 rings (SSSR count). The van der Waals surface area contributed by atoms with E-state index < -0.39 is 5.97 Å². The summed E-state index contributed by atoms with van der Waals surface area (Å²) in [6.07, 6.45) is 1.29. The molecule has 0 fully saturated rings. The van der Waals surface area contributed by atoms with Gasteiger partial charge in [0, 0.05) is 25.6 Å². The van der Waals surface area contributed by atoms with E-state index >= 15 is 0 Å². The molecule has 0 aliphatic heterocycles. The molecule has 0 amide bonds. The Labute approximate surface area is 146 Å². The zero-order valence-corrected chi connectivity index (χ0v) is 14.4. The van der Waals surface area contributed by atoms with Crippen molar-refractivity contribution < 1.29 is 19.1 Å². The molecule has 0 saturated heterocycles. The van der Waals surface area contributed by atoms with Gasteiger partial charge in [-0.05, 0) is 5.56 Å². The number of methoxy groups -OCH3 is 2. The fraction of sp³-hybridized carbons (Fsp3) is 0.222. The minimum absolute atomic E-state index is 0.457. The number of anilines is 1. The van der Waals surface area contributed by atoms with E-state index in [9.17, 15) is 4.79 Å². The van der Waals surface area contributed by atoms with Gasteiger partial charge in [-0.1, -0.05) is 30.3 Å². The van der Waals surface area contributed by atoms with Gasteiger partial charge in [0.15, 0.2) is 11.5 Å². The Morgan fingerprint density at radius 2 is 1.80 bits per heavy atom. The predicted molar refractivity (Wildman–Crippen MR) is 96.4 cm³/mol. The van der Waals surface area contributed by atoms with Crippen LogP contribution in [-0.4, -0.2) is 26.5 Å². The van der Waals surface area contributed by atoms with Crippen LogP contribution in [-0.2, 0) is 16.2 Å². The van der Waals surface area contributed by atoms with Crippen LogP contribution in [0.2, 0.25) is 0 Å². The van der Waals surface area contributed by atoms with Gasteiger partial charge < -0.3 is 19.6 Å². The highest BCUT2D eigenvalue weighted by molar-refractivity contribution is 5.76. The van der Waals surface area contributed by atoms with Gasteiger partial charge in [-0.15, -0.1) is 0 Å². The molecule has 0 heterocycles. The standard InChI is InChI=1S/C18H21N3O4/c1-13(22)25-21-12-20-16-10-18(24-3)17(23-2)9-15(16)19-11-14-7-5-4-6-8-14/h4-10,12,19H,11H2,1-3H3,(H,20,21). The number of hydrogen-bond acceptors (Lipinski definition) is 6. The molecule has 0 unspecified atom stereocenters. The summed E-state index contributed by atoms with van der Waals surface area (Å²) in [7, 11) is 3.13. The van der Waals surface area contributed by atoms with Crippen LogP contribution in [0.3, 0.4) is 0 Å². The van der Waals surface area contributed by atoms with Crippen LogP contribution in [0.1, 0.15) is 12.5 Å². The largest absolute Gasteiger partial charge is 0.493 e. The molecule has 132 valence electrons. The van der Waals surface area contributed by atoms with Gasteiger partial charge in [0.2, 0.25) is 0 Å². The van der Waals surface area contributed by atoms with Crippen molar-refractivity contribution >= 4 is 23.7 Å². The molecule has 25 heavy (non-hydrogen) atoms. The van der Waals surface area contributed by atoms with Gasteiger partial charge >= 0.3 is 5.97 Å². The maximum atomic E-state index is 10.8. The van der Waals surface area contributed by atoms with Gasteiger partial charge in [-0.25, -0.2) is 10.5 Å². The van der Waals surface area contributed by atoms with E-state index in [0.29, 0.717) is 23.7 Å². The average Bonchev–Trinajstić information content (AvgIpc) is 2.64. The molecular formula is C18H21N3O4. The molecule has 2 aromatic rings. The van der Waals surface area contributed by atoms with Crippen molar-refractivity contribution in [2.24, 2.45) is 4.99 Å². The second-order valence-electron chi connectivity index (χ2n) is 5.03. The van der Waals surface area contributed by atoms with E-state index in [1.165, 1.54) is 13.3 Å². The highest BCUT2D eigenvalue weighted by atomic mass is 16.7. The molecule has 7 heteroatoms. The van der Waals surface area contributed by atoms with Gasteiger partial charge in [0.25, 0.3) is 0 Å². The van der Waals surface area contributed by atoms with Crippen molar-refractivity contribution in [3.8, 4) is 11.5 Å². The molecule has 0 atom stereocenters. The first-order chi connectivity index (χ1) is 12.1. The Balaban J connectivity index is 2.22. The molecule has 0 aromatic heterocycles. The number of aliphatic imine (C=N–C) groups is 1. The summed E-state index contributed by atoms with van der Waals surface area (Å²) in [5.74, 6) is 0.679. The molecular weight excluding hydrogens is 322 g/mol. The molecule has 7 nitrogen and oxygen atoms in total. The molecule has 0 aliphatic rings. The van der Waals surface area contributed by atoms with E-state index in [0.717, 1.165) is 11.3 Å². The van der Waals surface area contributed by atoms with Gasteiger partial charge in [-0.2, -0.15) is 0 Å². The average molecular weight is 343 g/mol. The number of carbonyl (C=O) groups is 1. The fourth-order valence-electron chi connectivity index (χ4n) is 2.12. The SMILES string of the molecule is COc1cc(N=CNOC(C)=O)c(NCc2ccccc2)cc1OC. The number of ether oxygens (including phenoxy) is 2. The Morgan fingerprint density at radius 1 is 1.12 bits per heavy atom. The van der Waals surface area contributed by atoms with E-state index in [4.69, 9.17) is 9.47 Å². The Kier molecular flexibility index (Phi) is 6.65. The van der Waals surface area contributed by atoms with Crippen LogP contribution in [0.5, 0.6) is 11.5 Å². The summed E-state index contributed by atoms with van der Waals surface area (Å²) in [5.41, 5.74) is 4.85. The zero-order valence-electron chi connectivity index (χ0n) is 14.4. The summed E-state index contributed by atoms with van der Waals surface area (Å²) < 4.78 is 10.6. The molecule has 0 spiro atoms. The van der Waals surface area contributed by atoms with Gasteiger partial charge in [0.1, 0.15) is 6.34 Å². The maximum Gasteiger partial charge on any atom is 0.329 e. The van der Waals surface area contributed by atoms with Crippen molar-refractivity contribution in [3.63, 3.8) is 0 Å². The van der Waals surface area contributed by atoms with Crippen LogP contribution >= 0.6 is 0 Å². The second-order valence-corrected chi connectivity index (χ2v) is 5.03. The van der Waals surface area contributed by atoms with E-state index in [2.05, 4.69) is 20.6 Å². The summed E-state index contributed by atoms with van der Waals surface area (Å²) >= 11 is 0. The van der Waals surface area contributed by atoms with Crippen LogP contribution in [0, 0.1) is 0 Å². The number of benzene rings is 2. The van der Waals surface area contributed by atoms with E-state index in [1.807, 2.05) is 30.3 Å². The first kappa shape index (κ1) is 18.1. The van der Waals surface area contributed by atoms with Gasteiger partial charge in [-0.3, -0.25) is 4.79 Å². The number of carbonyl (C=O) groups excluding carboxylic acids is 1. The second kappa shape index (κ2) is 9.17. The van der Waals surface area contributed by atoms with Crippen LogP contribution < -0.4 is 20.3 Å². The monoisotopic (exact) mass is 343 g/mol. The third-order valence-electron chi connectivity index (χ3n) is 3.29. The third kappa shape index (κ3) is 5.42. The lowest BCUT2D eigenvalue weighted by atomic mass is 10.2. The van der Waals surface area contributed by atoms with Crippen molar-refractivity contribution in [1.82, 2.24) is 5.48 Å². The first-order valence-electron chi connectivity index (χ1n) is 7.63.